The number of thiophene rings is 1. The first-order valence-corrected chi connectivity index (χ1v) is 8.84. The predicted molar refractivity (Wildman–Crippen MR) is 93.4 cm³/mol. The normalized spacial score (nSPS) is 12.7. The van der Waals surface area contributed by atoms with Gasteiger partial charge in [0.25, 0.3) is 0 Å². The van der Waals surface area contributed by atoms with Crippen LogP contribution in [0.4, 0.5) is 0 Å². The number of halogens is 3. The largest absolute Gasteiger partial charge is 0.306 e. The average molecular weight is 393 g/mol. The van der Waals surface area contributed by atoms with Crippen LogP contribution in [0.1, 0.15) is 36.1 Å². The molecule has 2 aromatic rings. The molecule has 1 aromatic carbocycles. The minimum absolute atomic E-state index is 0.0560. The Morgan fingerprint density at radius 1 is 1.30 bits per heavy atom. The topological polar surface area (TPSA) is 12.0 Å². The molecule has 0 fully saturated rings. The first-order chi connectivity index (χ1) is 9.54. The first kappa shape index (κ1) is 16.3. The van der Waals surface area contributed by atoms with Gasteiger partial charge in [0.05, 0.1) is 14.7 Å². The Labute approximate surface area is 142 Å². The fourth-order valence-corrected chi connectivity index (χ4v) is 4.14. The summed E-state index contributed by atoms with van der Waals surface area (Å²) in [7, 11) is 0. The van der Waals surface area contributed by atoms with Gasteiger partial charge in [-0.25, -0.2) is 0 Å². The molecule has 1 unspecified atom stereocenters. The molecule has 1 heterocycles. The molecule has 0 aliphatic heterocycles. The number of hydrogen-bond acceptors (Lipinski definition) is 2. The van der Waals surface area contributed by atoms with E-state index in [0.29, 0.717) is 0 Å². The second kappa shape index (κ2) is 7.28. The van der Waals surface area contributed by atoms with E-state index in [2.05, 4.69) is 53.3 Å². The van der Waals surface area contributed by atoms with Crippen molar-refractivity contribution in [1.29, 1.82) is 0 Å². The van der Waals surface area contributed by atoms with E-state index in [0.717, 1.165) is 31.7 Å². The van der Waals surface area contributed by atoms with Crippen molar-refractivity contribution < 1.29 is 0 Å². The monoisotopic (exact) mass is 391 g/mol. The Bertz CT molecular complexity index is 598. The molecule has 0 saturated heterocycles. The van der Waals surface area contributed by atoms with E-state index in [4.69, 9.17) is 23.2 Å². The van der Waals surface area contributed by atoms with Crippen LogP contribution in [0.2, 0.25) is 8.67 Å². The molecule has 0 radical (unpaired) electrons. The molecule has 1 N–H and O–H groups in total. The molecule has 0 saturated carbocycles. The Morgan fingerprint density at radius 2 is 2.05 bits per heavy atom. The van der Waals surface area contributed by atoms with E-state index in [1.54, 1.807) is 0 Å². The quantitative estimate of drug-likeness (QED) is 0.637. The molecule has 0 bridgehead atoms. The summed E-state index contributed by atoms with van der Waals surface area (Å²) in [6.45, 7) is 5.17. The zero-order chi connectivity index (χ0) is 14.7. The predicted octanol–water partition coefficient (Wildman–Crippen LogP) is 6.21. The molecule has 0 aliphatic carbocycles. The van der Waals surface area contributed by atoms with Gasteiger partial charge in [0.15, 0.2) is 0 Å². The fourth-order valence-electron chi connectivity index (χ4n) is 2.12. The lowest BCUT2D eigenvalue weighted by atomic mass is 9.99. The third kappa shape index (κ3) is 3.58. The van der Waals surface area contributed by atoms with Crippen molar-refractivity contribution in [3.63, 3.8) is 0 Å². The molecule has 2 rings (SSSR count). The first-order valence-electron chi connectivity index (χ1n) is 6.47. The summed E-state index contributed by atoms with van der Waals surface area (Å²) in [6, 6.07) is 8.29. The van der Waals surface area contributed by atoms with Crippen LogP contribution in [0.3, 0.4) is 0 Å². The molecule has 20 heavy (non-hydrogen) atoms. The molecule has 108 valence electrons. The molecule has 5 heteroatoms. The van der Waals surface area contributed by atoms with Gasteiger partial charge in [0.2, 0.25) is 0 Å². The SMILES string of the molecule is CCCNC(c1cc(Cl)sc1Cl)c1cccc(C)c1Br. The minimum Gasteiger partial charge on any atom is -0.306 e. The molecule has 1 nitrogen and oxygen atoms in total. The zero-order valence-corrected chi connectivity index (χ0v) is 15.3. The van der Waals surface area contributed by atoms with Crippen molar-refractivity contribution >= 4 is 50.5 Å². The highest BCUT2D eigenvalue weighted by molar-refractivity contribution is 9.10. The molecule has 1 atom stereocenters. The maximum Gasteiger partial charge on any atom is 0.0995 e. The van der Waals surface area contributed by atoms with E-state index in [1.807, 2.05) is 6.07 Å². The van der Waals surface area contributed by atoms with Gasteiger partial charge in [-0.05, 0) is 37.1 Å². The van der Waals surface area contributed by atoms with E-state index >= 15 is 0 Å². The Hall–Kier alpha value is -0.0600. The number of rotatable bonds is 5. The van der Waals surface area contributed by atoms with Crippen LogP contribution in [0, 0.1) is 6.92 Å². The maximum absolute atomic E-state index is 6.34. The lowest BCUT2D eigenvalue weighted by molar-refractivity contribution is 0.598. The fraction of sp³-hybridized carbons (Fsp3) is 0.333. The summed E-state index contributed by atoms with van der Waals surface area (Å²) in [5.74, 6) is 0. The summed E-state index contributed by atoms with van der Waals surface area (Å²) < 4.78 is 2.58. The van der Waals surface area contributed by atoms with Gasteiger partial charge in [-0.1, -0.05) is 64.3 Å². The lowest BCUT2D eigenvalue weighted by Crippen LogP contribution is -2.23. The van der Waals surface area contributed by atoms with Gasteiger partial charge in [-0.15, -0.1) is 11.3 Å². The van der Waals surface area contributed by atoms with Crippen molar-refractivity contribution in [2.45, 2.75) is 26.3 Å². The highest BCUT2D eigenvalue weighted by Gasteiger charge is 2.21. The number of aryl methyl sites for hydroxylation is 1. The molecule has 0 amide bonds. The van der Waals surface area contributed by atoms with Gasteiger partial charge in [0, 0.05) is 10.0 Å². The Balaban J connectivity index is 2.47. The van der Waals surface area contributed by atoms with Crippen molar-refractivity contribution in [1.82, 2.24) is 5.32 Å². The van der Waals surface area contributed by atoms with Crippen LogP contribution < -0.4 is 5.32 Å². The smallest absolute Gasteiger partial charge is 0.0995 e. The highest BCUT2D eigenvalue weighted by atomic mass is 79.9. The molecule has 1 aromatic heterocycles. The van der Waals surface area contributed by atoms with Crippen LogP contribution >= 0.6 is 50.5 Å². The third-order valence-corrected chi connectivity index (χ3v) is 5.73. The van der Waals surface area contributed by atoms with Crippen molar-refractivity contribution in [2.75, 3.05) is 6.54 Å². The standard InChI is InChI=1S/C15H16BrCl2NS/c1-3-7-19-14(11-8-12(17)20-15(11)18)10-6-4-5-9(2)13(10)16/h4-6,8,14,19H,3,7H2,1-2H3. The number of benzene rings is 1. The Kier molecular flexibility index (Phi) is 5.94. The average Bonchev–Trinajstić information content (AvgIpc) is 2.74. The molecular formula is C15H16BrCl2NS. The highest BCUT2D eigenvalue weighted by Crippen LogP contribution is 2.39. The molecule has 0 aliphatic rings. The van der Waals surface area contributed by atoms with Crippen molar-refractivity contribution in [2.24, 2.45) is 0 Å². The lowest BCUT2D eigenvalue weighted by Gasteiger charge is -2.21. The van der Waals surface area contributed by atoms with E-state index in [9.17, 15) is 0 Å². The van der Waals surface area contributed by atoms with Crippen molar-refractivity contribution in [3.05, 3.63) is 54.1 Å². The van der Waals surface area contributed by atoms with E-state index in [-0.39, 0.29) is 6.04 Å². The summed E-state index contributed by atoms with van der Waals surface area (Å²) in [5, 5.41) is 3.56. The van der Waals surface area contributed by atoms with E-state index < -0.39 is 0 Å². The minimum atomic E-state index is 0.0560. The molecule has 0 spiro atoms. The third-order valence-electron chi connectivity index (χ3n) is 3.13. The van der Waals surface area contributed by atoms with E-state index in [1.165, 1.54) is 22.5 Å². The van der Waals surface area contributed by atoms with Gasteiger partial charge < -0.3 is 5.32 Å². The number of nitrogens with one attached hydrogen (secondary N) is 1. The van der Waals surface area contributed by atoms with Crippen molar-refractivity contribution in [3.8, 4) is 0 Å². The summed E-state index contributed by atoms with van der Waals surface area (Å²) >= 11 is 17.5. The van der Waals surface area contributed by atoms with Crippen LogP contribution in [-0.2, 0) is 0 Å². The second-order valence-electron chi connectivity index (χ2n) is 4.64. The van der Waals surface area contributed by atoms with Crippen LogP contribution in [0.25, 0.3) is 0 Å². The van der Waals surface area contributed by atoms with Gasteiger partial charge in [0.1, 0.15) is 0 Å². The molecular weight excluding hydrogens is 377 g/mol. The summed E-state index contributed by atoms with van der Waals surface area (Å²) in [6.07, 6.45) is 1.06. The van der Waals surface area contributed by atoms with Gasteiger partial charge in [-0.3, -0.25) is 0 Å². The van der Waals surface area contributed by atoms with Gasteiger partial charge in [-0.2, -0.15) is 0 Å². The Morgan fingerprint density at radius 3 is 2.65 bits per heavy atom. The maximum atomic E-state index is 6.34. The summed E-state index contributed by atoms with van der Waals surface area (Å²) in [5.41, 5.74) is 3.44. The zero-order valence-electron chi connectivity index (χ0n) is 11.3. The van der Waals surface area contributed by atoms with Crippen LogP contribution in [-0.4, -0.2) is 6.54 Å². The summed E-state index contributed by atoms with van der Waals surface area (Å²) in [4.78, 5) is 0. The second-order valence-corrected chi connectivity index (χ2v) is 7.72. The van der Waals surface area contributed by atoms with Crippen LogP contribution in [0.5, 0.6) is 0 Å². The van der Waals surface area contributed by atoms with Crippen LogP contribution in [0.15, 0.2) is 28.7 Å². The van der Waals surface area contributed by atoms with Gasteiger partial charge >= 0.3 is 0 Å². The number of hydrogen-bond donors (Lipinski definition) is 1.